The van der Waals surface area contributed by atoms with Crippen molar-refractivity contribution in [2.75, 3.05) is 20.2 Å². The number of rotatable bonds is 3. The van der Waals surface area contributed by atoms with E-state index in [-0.39, 0.29) is 22.7 Å². The van der Waals surface area contributed by atoms with E-state index in [2.05, 4.69) is 0 Å². The lowest BCUT2D eigenvalue weighted by Gasteiger charge is -2.32. The van der Waals surface area contributed by atoms with Gasteiger partial charge in [0.15, 0.2) is 0 Å². The van der Waals surface area contributed by atoms with Crippen molar-refractivity contribution in [3.63, 3.8) is 0 Å². The molecule has 0 bridgehead atoms. The molecule has 1 heterocycles. The van der Waals surface area contributed by atoms with Gasteiger partial charge in [0.2, 0.25) is 0 Å². The van der Waals surface area contributed by atoms with Gasteiger partial charge in [0.1, 0.15) is 5.02 Å². The normalized spacial score (nSPS) is 18.9. The molecule has 20 heavy (non-hydrogen) atoms. The molecule has 7 heteroatoms. The van der Waals surface area contributed by atoms with Gasteiger partial charge in [-0.25, -0.2) is 0 Å². The number of halogens is 1. The first kappa shape index (κ1) is 14.7. The lowest BCUT2D eigenvalue weighted by atomic mass is 10.1. The van der Waals surface area contributed by atoms with E-state index in [0.717, 1.165) is 12.8 Å². The molecule has 1 aliphatic rings. The van der Waals surface area contributed by atoms with E-state index >= 15 is 0 Å². The molecule has 1 aromatic carbocycles. The van der Waals surface area contributed by atoms with Crippen LogP contribution in [-0.4, -0.2) is 42.0 Å². The molecular formula is C13H15ClN2O4. The van der Waals surface area contributed by atoms with Crippen LogP contribution in [0.5, 0.6) is 0 Å². The second kappa shape index (κ2) is 6.19. The van der Waals surface area contributed by atoms with Gasteiger partial charge < -0.3 is 9.64 Å². The second-order valence-electron chi connectivity index (χ2n) is 4.67. The van der Waals surface area contributed by atoms with E-state index in [4.69, 9.17) is 16.3 Å². The van der Waals surface area contributed by atoms with Crippen LogP contribution in [0.15, 0.2) is 18.2 Å². The SMILES string of the molecule is COC1CCCN(C(=O)c2ccc([N+](=O)[O-])c(Cl)c2)C1. The van der Waals surface area contributed by atoms with Crippen LogP contribution in [0.1, 0.15) is 23.2 Å². The summed E-state index contributed by atoms with van der Waals surface area (Å²) >= 11 is 5.83. The molecule has 0 spiro atoms. The van der Waals surface area contributed by atoms with Gasteiger partial charge in [0.05, 0.1) is 11.0 Å². The van der Waals surface area contributed by atoms with Crippen LogP contribution in [0.4, 0.5) is 5.69 Å². The Bertz CT molecular complexity index is 535. The molecule has 108 valence electrons. The molecule has 0 radical (unpaired) electrons. The van der Waals surface area contributed by atoms with Crippen molar-refractivity contribution in [2.45, 2.75) is 18.9 Å². The van der Waals surface area contributed by atoms with Crippen LogP contribution in [0.2, 0.25) is 5.02 Å². The third kappa shape index (κ3) is 3.08. The molecule has 1 unspecified atom stereocenters. The summed E-state index contributed by atoms with van der Waals surface area (Å²) in [5.41, 5.74) is 0.161. The number of nitro benzene ring substituents is 1. The van der Waals surface area contributed by atoms with Crippen molar-refractivity contribution < 1.29 is 14.5 Å². The fourth-order valence-electron chi connectivity index (χ4n) is 2.29. The topological polar surface area (TPSA) is 72.7 Å². The van der Waals surface area contributed by atoms with Crippen molar-refractivity contribution in [2.24, 2.45) is 0 Å². The van der Waals surface area contributed by atoms with Crippen molar-refractivity contribution in [3.8, 4) is 0 Å². The highest BCUT2D eigenvalue weighted by molar-refractivity contribution is 6.33. The zero-order chi connectivity index (χ0) is 14.7. The number of nitro groups is 1. The Morgan fingerprint density at radius 1 is 1.55 bits per heavy atom. The van der Waals surface area contributed by atoms with E-state index in [1.807, 2.05) is 0 Å². The summed E-state index contributed by atoms with van der Waals surface area (Å²) in [7, 11) is 1.63. The molecule has 0 aliphatic carbocycles. The molecule has 1 aliphatic heterocycles. The van der Waals surface area contributed by atoms with Gasteiger partial charge in [-0.3, -0.25) is 14.9 Å². The minimum atomic E-state index is -0.571. The Labute approximate surface area is 121 Å². The fourth-order valence-corrected chi connectivity index (χ4v) is 2.54. The van der Waals surface area contributed by atoms with Crippen molar-refractivity contribution in [1.29, 1.82) is 0 Å². The number of methoxy groups -OCH3 is 1. The summed E-state index contributed by atoms with van der Waals surface area (Å²) in [5.74, 6) is -0.177. The number of likely N-dealkylation sites (tertiary alicyclic amines) is 1. The largest absolute Gasteiger partial charge is 0.380 e. The first-order valence-electron chi connectivity index (χ1n) is 6.29. The first-order chi connectivity index (χ1) is 9.52. The molecule has 0 aromatic heterocycles. The van der Waals surface area contributed by atoms with Crippen molar-refractivity contribution >= 4 is 23.2 Å². The Morgan fingerprint density at radius 3 is 2.90 bits per heavy atom. The third-order valence-electron chi connectivity index (χ3n) is 3.39. The first-order valence-corrected chi connectivity index (χ1v) is 6.66. The van der Waals surface area contributed by atoms with E-state index in [0.29, 0.717) is 18.7 Å². The number of amides is 1. The van der Waals surface area contributed by atoms with Gasteiger partial charge >= 0.3 is 0 Å². The second-order valence-corrected chi connectivity index (χ2v) is 5.08. The molecule has 1 aromatic rings. The summed E-state index contributed by atoms with van der Waals surface area (Å²) in [6, 6.07) is 4.04. The summed E-state index contributed by atoms with van der Waals surface area (Å²) in [6.45, 7) is 1.19. The van der Waals surface area contributed by atoms with Crippen LogP contribution < -0.4 is 0 Å². The highest BCUT2D eigenvalue weighted by Gasteiger charge is 2.25. The van der Waals surface area contributed by atoms with Gasteiger partial charge in [0.25, 0.3) is 11.6 Å². The molecular weight excluding hydrogens is 284 g/mol. The number of carbonyl (C=O) groups is 1. The molecule has 1 saturated heterocycles. The molecule has 0 N–H and O–H groups in total. The van der Waals surface area contributed by atoms with Crippen LogP contribution >= 0.6 is 11.6 Å². The van der Waals surface area contributed by atoms with Gasteiger partial charge in [-0.15, -0.1) is 0 Å². The summed E-state index contributed by atoms with van der Waals surface area (Å²) < 4.78 is 5.27. The minimum absolute atomic E-state index is 0.0267. The quantitative estimate of drug-likeness (QED) is 0.635. The Kier molecular flexibility index (Phi) is 4.57. The number of ether oxygens (including phenoxy) is 1. The molecule has 1 atom stereocenters. The smallest absolute Gasteiger partial charge is 0.287 e. The highest BCUT2D eigenvalue weighted by Crippen LogP contribution is 2.26. The number of piperidine rings is 1. The third-order valence-corrected chi connectivity index (χ3v) is 3.69. The monoisotopic (exact) mass is 298 g/mol. The van der Waals surface area contributed by atoms with Crippen LogP contribution in [-0.2, 0) is 4.74 Å². The van der Waals surface area contributed by atoms with Gasteiger partial charge in [-0.05, 0) is 25.0 Å². The van der Waals surface area contributed by atoms with Gasteiger partial charge in [0, 0.05) is 31.8 Å². The highest BCUT2D eigenvalue weighted by atomic mass is 35.5. The zero-order valence-corrected chi connectivity index (χ0v) is 11.8. The molecule has 1 amide bonds. The Morgan fingerprint density at radius 2 is 2.30 bits per heavy atom. The maximum atomic E-state index is 12.3. The van der Waals surface area contributed by atoms with E-state index in [1.54, 1.807) is 12.0 Å². The van der Waals surface area contributed by atoms with Crippen LogP contribution in [0, 0.1) is 10.1 Å². The van der Waals surface area contributed by atoms with Crippen LogP contribution in [0.3, 0.4) is 0 Å². The van der Waals surface area contributed by atoms with Crippen LogP contribution in [0.25, 0.3) is 0 Å². The average Bonchev–Trinajstić information content (AvgIpc) is 2.46. The lowest BCUT2D eigenvalue weighted by Crippen LogP contribution is -2.42. The van der Waals surface area contributed by atoms with Crippen molar-refractivity contribution in [1.82, 2.24) is 4.90 Å². The predicted octanol–water partition coefficient (Wildman–Crippen LogP) is 2.50. The van der Waals surface area contributed by atoms with Gasteiger partial charge in [-0.1, -0.05) is 11.6 Å². The lowest BCUT2D eigenvalue weighted by molar-refractivity contribution is -0.384. The standard InChI is InChI=1S/C13H15ClN2O4/c1-20-10-3-2-6-15(8-10)13(17)9-4-5-12(16(18)19)11(14)7-9/h4-5,7,10H,2-3,6,8H2,1H3. The summed E-state index contributed by atoms with van der Waals surface area (Å²) in [5, 5.41) is 10.7. The number of nitrogens with zero attached hydrogens (tertiary/aromatic N) is 2. The predicted molar refractivity (Wildman–Crippen MR) is 74.0 cm³/mol. The van der Waals surface area contributed by atoms with E-state index in [1.165, 1.54) is 18.2 Å². The van der Waals surface area contributed by atoms with Crippen molar-refractivity contribution in [3.05, 3.63) is 38.9 Å². The number of benzene rings is 1. The molecule has 1 fully saturated rings. The Hall–Kier alpha value is -1.66. The van der Waals surface area contributed by atoms with Gasteiger partial charge in [-0.2, -0.15) is 0 Å². The zero-order valence-electron chi connectivity index (χ0n) is 11.0. The number of hydrogen-bond acceptors (Lipinski definition) is 4. The minimum Gasteiger partial charge on any atom is -0.380 e. The Balaban J connectivity index is 2.17. The summed E-state index contributed by atoms with van der Waals surface area (Å²) in [6.07, 6.45) is 1.85. The average molecular weight is 299 g/mol. The summed E-state index contributed by atoms with van der Waals surface area (Å²) in [4.78, 5) is 24.2. The molecule has 6 nitrogen and oxygen atoms in total. The molecule has 2 rings (SSSR count). The number of carbonyl (C=O) groups excluding carboxylic acids is 1. The fraction of sp³-hybridized carbons (Fsp3) is 0.462. The van der Waals surface area contributed by atoms with E-state index in [9.17, 15) is 14.9 Å². The molecule has 0 saturated carbocycles. The van der Waals surface area contributed by atoms with E-state index < -0.39 is 4.92 Å². The maximum Gasteiger partial charge on any atom is 0.287 e. The maximum absolute atomic E-state index is 12.3. The number of hydrogen-bond donors (Lipinski definition) is 0.